The van der Waals surface area contributed by atoms with Crippen molar-refractivity contribution in [3.63, 3.8) is 0 Å². The van der Waals surface area contributed by atoms with E-state index < -0.39 is 21.6 Å². The highest BCUT2D eigenvalue weighted by Gasteiger charge is 2.37. The van der Waals surface area contributed by atoms with Crippen LogP contribution in [-0.4, -0.2) is 56.2 Å². The number of rotatable bonds is 11. The number of pyridine rings is 2. The zero-order valence-corrected chi connectivity index (χ0v) is 30.1. The minimum Gasteiger partial charge on any atom is -0.416 e. The smallest absolute Gasteiger partial charge is 0.290 e. The highest BCUT2D eigenvalue weighted by atomic mass is 32.2. The fourth-order valence-corrected chi connectivity index (χ4v) is 6.62. The number of nitro groups is 1. The molecule has 40 heavy (non-hydrogen) atoms. The van der Waals surface area contributed by atoms with Crippen LogP contribution in [0.25, 0.3) is 0 Å². The van der Waals surface area contributed by atoms with E-state index in [0.717, 1.165) is 39.5 Å². The minimum absolute atomic E-state index is 0.0665. The van der Waals surface area contributed by atoms with Gasteiger partial charge < -0.3 is 14.6 Å². The normalized spacial score (nSPS) is 12.6. The second kappa shape index (κ2) is 15.1. The first-order valence-corrected chi connectivity index (χ1v) is 21.4. The molecular formula is C28H50N4O4S2Si2. The van der Waals surface area contributed by atoms with E-state index in [0.29, 0.717) is 12.3 Å². The van der Waals surface area contributed by atoms with E-state index in [9.17, 15) is 10.1 Å². The molecule has 0 aromatic carbocycles. The molecular weight excluding hydrogens is 577 g/mol. The van der Waals surface area contributed by atoms with Crippen LogP contribution in [-0.2, 0) is 8.85 Å². The molecule has 0 aliphatic carbocycles. The van der Waals surface area contributed by atoms with E-state index in [1.165, 1.54) is 6.07 Å². The maximum atomic E-state index is 10.7. The highest BCUT2D eigenvalue weighted by molar-refractivity contribution is 7.99. The van der Waals surface area contributed by atoms with E-state index in [1.807, 2.05) is 19.1 Å². The van der Waals surface area contributed by atoms with Gasteiger partial charge in [0.2, 0.25) is 0 Å². The Bertz CT molecular complexity index is 1120. The molecule has 0 aliphatic rings. The quantitative estimate of drug-likeness (QED) is 0.0862. The first-order valence-electron chi connectivity index (χ1n) is 13.6. The summed E-state index contributed by atoms with van der Waals surface area (Å²) in [5, 5.41) is 13.0. The van der Waals surface area contributed by atoms with Crippen LogP contribution >= 0.6 is 23.5 Å². The number of nitrogens with two attached hydrogens (primary N) is 1. The predicted octanol–water partition coefficient (Wildman–Crippen LogP) is 8.50. The van der Waals surface area contributed by atoms with Gasteiger partial charge in [-0.25, -0.2) is 9.97 Å². The van der Waals surface area contributed by atoms with Gasteiger partial charge >= 0.3 is 0 Å². The van der Waals surface area contributed by atoms with Gasteiger partial charge in [0.15, 0.2) is 16.6 Å². The zero-order valence-electron chi connectivity index (χ0n) is 26.5. The van der Waals surface area contributed by atoms with Crippen molar-refractivity contribution in [2.45, 2.75) is 102 Å². The molecule has 0 fully saturated rings. The lowest BCUT2D eigenvalue weighted by molar-refractivity contribution is -0.385. The van der Waals surface area contributed by atoms with Crippen LogP contribution in [0.4, 0.5) is 11.4 Å². The Labute approximate surface area is 252 Å². The van der Waals surface area contributed by atoms with Gasteiger partial charge in [-0.05, 0) is 68.3 Å². The number of nitrogen functional groups attached to an aromatic ring is 1. The molecule has 0 bridgehead atoms. The lowest BCUT2D eigenvalue weighted by Gasteiger charge is -2.36. The van der Waals surface area contributed by atoms with Crippen molar-refractivity contribution in [1.82, 2.24) is 9.97 Å². The maximum absolute atomic E-state index is 10.7. The van der Waals surface area contributed by atoms with E-state index in [-0.39, 0.29) is 15.8 Å². The number of anilines is 1. The molecule has 0 amide bonds. The maximum Gasteiger partial charge on any atom is 0.290 e. The molecule has 0 saturated heterocycles. The van der Waals surface area contributed by atoms with Gasteiger partial charge in [-0.15, -0.1) is 23.5 Å². The second-order valence-corrected chi connectivity index (χ2v) is 24.6. The summed E-state index contributed by atoms with van der Waals surface area (Å²) in [7, 11) is -3.32. The van der Waals surface area contributed by atoms with Crippen molar-refractivity contribution in [2.75, 3.05) is 30.5 Å². The number of hydrogen-bond donors (Lipinski definition) is 1. The van der Waals surface area contributed by atoms with Gasteiger partial charge in [-0.1, -0.05) is 41.5 Å². The van der Waals surface area contributed by atoms with E-state index >= 15 is 0 Å². The summed E-state index contributed by atoms with van der Waals surface area (Å²) < 4.78 is 12.2. The fraction of sp³-hybridized carbons (Fsp3) is 0.643. The molecule has 0 radical (unpaired) electrons. The molecule has 2 aromatic heterocycles. The summed E-state index contributed by atoms with van der Waals surface area (Å²) in [5.41, 5.74) is 7.93. The molecule has 0 saturated carbocycles. The molecule has 0 atom stereocenters. The number of thioether (sulfide) groups is 2. The second-order valence-electron chi connectivity index (χ2n) is 12.7. The Kier molecular flexibility index (Phi) is 13.9. The average Bonchev–Trinajstić information content (AvgIpc) is 2.80. The summed E-state index contributed by atoms with van der Waals surface area (Å²) in [6.07, 6.45) is 0. The largest absolute Gasteiger partial charge is 0.416 e. The molecule has 2 rings (SSSR count). The number of aromatic nitrogens is 2. The molecule has 226 valence electrons. The van der Waals surface area contributed by atoms with Crippen molar-refractivity contribution in [2.24, 2.45) is 0 Å². The summed E-state index contributed by atoms with van der Waals surface area (Å²) in [4.78, 5) is 19.0. The highest BCUT2D eigenvalue weighted by Crippen LogP contribution is 2.37. The Balaban J connectivity index is 0.000000402. The van der Waals surface area contributed by atoms with Gasteiger partial charge in [0.1, 0.15) is 5.69 Å². The first kappa shape index (κ1) is 36.6. The van der Waals surface area contributed by atoms with Crippen LogP contribution in [0.5, 0.6) is 0 Å². The lowest BCUT2D eigenvalue weighted by Crippen LogP contribution is -2.41. The van der Waals surface area contributed by atoms with Crippen molar-refractivity contribution in [1.29, 1.82) is 0 Å². The number of hydrogen-bond acceptors (Lipinski definition) is 9. The summed E-state index contributed by atoms with van der Waals surface area (Å²) in [5.74, 6) is 1.74. The van der Waals surface area contributed by atoms with Crippen LogP contribution in [0, 0.1) is 24.0 Å². The molecule has 12 heteroatoms. The van der Waals surface area contributed by atoms with Crippen LogP contribution in [0.3, 0.4) is 0 Å². The van der Waals surface area contributed by atoms with Crippen LogP contribution < -0.4 is 5.73 Å². The third-order valence-corrected chi connectivity index (χ3v) is 18.4. The Morgan fingerprint density at radius 2 is 1.20 bits per heavy atom. The van der Waals surface area contributed by atoms with Crippen molar-refractivity contribution in [3.8, 4) is 0 Å². The predicted molar refractivity (Wildman–Crippen MR) is 177 cm³/mol. The Morgan fingerprint density at radius 1 is 0.800 bits per heavy atom. The summed E-state index contributed by atoms with van der Waals surface area (Å²) in [6.45, 7) is 27.5. The first-order chi connectivity index (χ1) is 18.2. The molecule has 8 nitrogen and oxygen atoms in total. The van der Waals surface area contributed by atoms with E-state index in [2.05, 4.69) is 77.7 Å². The van der Waals surface area contributed by atoms with Gasteiger partial charge in [0, 0.05) is 30.8 Å². The van der Waals surface area contributed by atoms with E-state index in [1.54, 1.807) is 36.5 Å². The molecule has 2 heterocycles. The van der Waals surface area contributed by atoms with Crippen LogP contribution in [0.1, 0.15) is 52.9 Å². The Morgan fingerprint density at radius 3 is 1.55 bits per heavy atom. The van der Waals surface area contributed by atoms with Gasteiger partial charge in [-0.2, -0.15) is 0 Å². The minimum atomic E-state index is -1.70. The van der Waals surface area contributed by atoms with Crippen LogP contribution in [0.2, 0.25) is 36.3 Å². The number of aryl methyl sites for hydroxylation is 2. The summed E-state index contributed by atoms with van der Waals surface area (Å²) in [6, 6.07) is 7.10. The standard InChI is InChI=1S/C14H24N2O3SSi.C14H26N2OSSi/c1-11-12(16(17)18)7-8-13(15-11)20-10-9-19-21(5,6)14(2,3)4;1-11-12(15)7-8-13(16-11)18-10-9-17-19(5,6)14(2,3)4/h7-8H,9-10H2,1-6H3;7-8H,9-10,15H2,1-6H3. The molecule has 0 unspecified atom stereocenters. The third-order valence-electron chi connectivity index (χ3n) is 7.53. The molecule has 0 aliphatic heterocycles. The van der Waals surface area contributed by atoms with Crippen LogP contribution in [0.15, 0.2) is 34.3 Å². The number of nitrogens with zero attached hydrogens (tertiary/aromatic N) is 3. The van der Waals surface area contributed by atoms with Gasteiger partial charge in [0.25, 0.3) is 5.69 Å². The fourth-order valence-electron chi connectivity index (χ4n) is 2.75. The monoisotopic (exact) mass is 626 g/mol. The SMILES string of the molecule is Cc1nc(SCCO[Si](C)(C)C(C)(C)C)ccc1N.Cc1nc(SCCO[Si](C)(C)C(C)(C)C)ccc1[N+](=O)[O-]. The van der Waals surface area contributed by atoms with Crippen molar-refractivity contribution >= 4 is 51.5 Å². The lowest BCUT2D eigenvalue weighted by atomic mass is 10.2. The van der Waals surface area contributed by atoms with Crippen molar-refractivity contribution < 1.29 is 13.8 Å². The molecule has 2 N–H and O–H groups in total. The third kappa shape index (κ3) is 11.8. The summed E-state index contributed by atoms with van der Waals surface area (Å²) >= 11 is 3.30. The molecule has 2 aromatic rings. The van der Waals surface area contributed by atoms with E-state index in [4.69, 9.17) is 14.6 Å². The van der Waals surface area contributed by atoms with Gasteiger partial charge in [-0.3, -0.25) is 10.1 Å². The average molecular weight is 627 g/mol. The van der Waals surface area contributed by atoms with Gasteiger partial charge in [0.05, 0.1) is 26.4 Å². The molecule has 0 spiro atoms. The van der Waals surface area contributed by atoms with Crippen molar-refractivity contribution in [3.05, 3.63) is 45.8 Å². The topological polar surface area (TPSA) is 113 Å². The Hall–Kier alpha value is -1.45. The zero-order chi connectivity index (χ0) is 30.9.